The SMILES string of the molecule is CC(NC(=O)c1cn(Cc2ccc(F)cc2)nn1)c1cnn(C)c1. The van der Waals surface area contributed by atoms with Crippen molar-refractivity contribution in [3.8, 4) is 0 Å². The number of aryl methyl sites for hydroxylation is 1. The molecule has 0 spiro atoms. The zero-order valence-electron chi connectivity index (χ0n) is 13.3. The van der Waals surface area contributed by atoms with Gasteiger partial charge in [-0.25, -0.2) is 9.07 Å². The summed E-state index contributed by atoms with van der Waals surface area (Å²) in [5.41, 5.74) is 2.01. The quantitative estimate of drug-likeness (QED) is 0.773. The molecule has 8 heteroatoms. The lowest BCUT2D eigenvalue weighted by Gasteiger charge is -2.10. The maximum atomic E-state index is 12.9. The van der Waals surface area contributed by atoms with Gasteiger partial charge in [0.15, 0.2) is 5.69 Å². The third-order valence-corrected chi connectivity index (χ3v) is 3.60. The van der Waals surface area contributed by atoms with Gasteiger partial charge in [-0.15, -0.1) is 5.10 Å². The Morgan fingerprint density at radius 2 is 2.04 bits per heavy atom. The highest BCUT2D eigenvalue weighted by molar-refractivity contribution is 5.92. The topological polar surface area (TPSA) is 77.6 Å². The minimum Gasteiger partial charge on any atom is -0.344 e. The van der Waals surface area contributed by atoms with Crippen LogP contribution in [0.2, 0.25) is 0 Å². The minimum absolute atomic E-state index is 0.187. The summed E-state index contributed by atoms with van der Waals surface area (Å²) in [5.74, 6) is -0.599. The van der Waals surface area contributed by atoms with E-state index in [1.54, 1.807) is 29.2 Å². The Kier molecular flexibility index (Phi) is 4.37. The van der Waals surface area contributed by atoms with Crippen LogP contribution in [0.4, 0.5) is 4.39 Å². The number of amides is 1. The fourth-order valence-corrected chi connectivity index (χ4v) is 2.27. The summed E-state index contributed by atoms with van der Waals surface area (Å²) in [5, 5.41) is 14.8. The third kappa shape index (κ3) is 3.65. The van der Waals surface area contributed by atoms with Crippen molar-refractivity contribution in [3.63, 3.8) is 0 Å². The highest BCUT2D eigenvalue weighted by Gasteiger charge is 2.15. The molecule has 0 fully saturated rings. The van der Waals surface area contributed by atoms with Gasteiger partial charge in [-0.05, 0) is 24.6 Å². The normalized spacial score (nSPS) is 12.1. The van der Waals surface area contributed by atoms with Crippen molar-refractivity contribution in [2.24, 2.45) is 7.05 Å². The number of benzene rings is 1. The van der Waals surface area contributed by atoms with E-state index >= 15 is 0 Å². The Morgan fingerprint density at radius 3 is 2.71 bits per heavy atom. The fraction of sp³-hybridized carbons (Fsp3) is 0.250. The summed E-state index contributed by atoms with van der Waals surface area (Å²) in [6.45, 7) is 2.29. The molecule has 24 heavy (non-hydrogen) atoms. The van der Waals surface area contributed by atoms with Gasteiger partial charge in [-0.2, -0.15) is 5.10 Å². The van der Waals surface area contributed by atoms with Crippen LogP contribution in [0.5, 0.6) is 0 Å². The van der Waals surface area contributed by atoms with Crippen molar-refractivity contribution in [2.45, 2.75) is 19.5 Å². The van der Waals surface area contributed by atoms with Crippen molar-refractivity contribution in [1.29, 1.82) is 0 Å². The van der Waals surface area contributed by atoms with Crippen LogP contribution in [-0.2, 0) is 13.6 Å². The number of hydrogen-bond donors (Lipinski definition) is 1. The van der Waals surface area contributed by atoms with E-state index in [-0.39, 0.29) is 23.5 Å². The van der Waals surface area contributed by atoms with E-state index in [1.165, 1.54) is 16.8 Å². The Balaban J connectivity index is 1.64. The maximum absolute atomic E-state index is 12.9. The van der Waals surface area contributed by atoms with Crippen LogP contribution in [0.3, 0.4) is 0 Å². The molecule has 1 amide bonds. The molecule has 0 aliphatic heterocycles. The maximum Gasteiger partial charge on any atom is 0.273 e. The first-order valence-corrected chi connectivity index (χ1v) is 7.45. The number of hydrogen-bond acceptors (Lipinski definition) is 4. The number of nitrogens with one attached hydrogen (secondary N) is 1. The first-order valence-electron chi connectivity index (χ1n) is 7.45. The average molecular weight is 328 g/mol. The number of halogens is 1. The zero-order valence-corrected chi connectivity index (χ0v) is 13.3. The second-order valence-electron chi connectivity index (χ2n) is 5.57. The molecule has 0 aliphatic carbocycles. The van der Waals surface area contributed by atoms with Crippen molar-refractivity contribution >= 4 is 5.91 Å². The second-order valence-corrected chi connectivity index (χ2v) is 5.57. The molecular formula is C16H17FN6O. The highest BCUT2D eigenvalue weighted by atomic mass is 19.1. The average Bonchev–Trinajstić information content (AvgIpc) is 3.19. The van der Waals surface area contributed by atoms with Gasteiger partial charge < -0.3 is 5.32 Å². The number of carbonyl (C=O) groups excluding carboxylic acids is 1. The molecule has 0 aliphatic rings. The largest absolute Gasteiger partial charge is 0.344 e. The molecule has 0 saturated carbocycles. The summed E-state index contributed by atoms with van der Waals surface area (Å²) < 4.78 is 16.1. The molecule has 2 aromatic heterocycles. The number of rotatable bonds is 5. The van der Waals surface area contributed by atoms with Gasteiger partial charge in [0.05, 0.1) is 25.0 Å². The lowest BCUT2D eigenvalue weighted by Crippen LogP contribution is -2.26. The van der Waals surface area contributed by atoms with Crippen LogP contribution in [0.15, 0.2) is 42.9 Å². The van der Waals surface area contributed by atoms with Crippen molar-refractivity contribution in [2.75, 3.05) is 0 Å². The predicted molar refractivity (Wildman–Crippen MR) is 84.6 cm³/mol. The minimum atomic E-state index is -0.309. The first-order chi connectivity index (χ1) is 11.5. The van der Waals surface area contributed by atoms with E-state index < -0.39 is 0 Å². The molecule has 0 saturated heterocycles. The molecule has 2 heterocycles. The van der Waals surface area contributed by atoms with Crippen LogP contribution < -0.4 is 5.32 Å². The monoisotopic (exact) mass is 328 g/mol. The van der Waals surface area contributed by atoms with Crippen LogP contribution in [0.1, 0.15) is 34.6 Å². The molecule has 1 aromatic carbocycles. The Bertz CT molecular complexity index is 838. The van der Waals surface area contributed by atoms with Crippen LogP contribution in [-0.4, -0.2) is 30.7 Å². The number of nitrogens with zero attached hydrogens (tertiary/aromatic N) is 5. The van der Waals surface area contributed by atoms with Crippen LogP contribution >= 0.6 is 0 Å². The fourth-order valence-electron chi connectivity index (χ4n) is 2.27. The van der Waals surface area contributed by atoms with Crippen molar-refractivity contribution in [1.82, 2.24) is 30.1 Å². The molecule has 124 valence electrons. The van der Waals surface area contributed by atoms with Crippen molar-refractivity contribution < 1.29 is 9.18 Å². The summed E-state index contributed by atoms with van der Waals surface area (Å²) in [4.78, 5) is 12.2. The lowest BCUT2D eigenvalue weighted by molar-refractivity contribution is 0.0934. The molecule has 3 rings (SSSR count). The van der Waals surface area contributed by atoms with Crippen molar-refractivity contribution in [3.05, 3.63) is 65.5 Å². The molecule has 7 nitrogen and oxygen atoms in total. The molecule has 1 unspecified atom stereocenters. The molecule has 3 aromatic rings. The van der Waals surface area contributed by atoms with E-state index in [9.17, 15) is 9.18 Å². The standard InChI is InChI=1S/C16H17FN6O/c1-11(13-7-18-22(2)9-13)19-16(24)15-10-23(21-20-15)8-12-3-5-14(17)6-4-12/h3-7,9-11H,8H2,1-2H3,(H,19,24). The molecule has 0 bridgehead atoms. The van der Waals surface area contributed by atoms with Gasteiger partial charge in [-0.3, -0.25) is 9.48 Å². The van der Waals surface area contributed by atoms with Crippen LogP contribution in [0, 0.1) is 5.82 Å². The predicted octanol–water partition coefficient (Wildman–Crippen LogP) is 1.69. The number of aromatic nitrogens is 5. The first kappa shape index (κ1) is 15.9. The Morgan fingerprint density at radius 1 is 1.29 bits per heavy atom. The summed E-state index contributed by atoms with van der Waals surface area (Å²) in [6.07, 6.45) is 5.11. The lowest BCUT2D eigenvalue weighted by atomic mass is 10.2. The summed E-state index contributed by atoms with van der Waals surface area (Å²) >= 11 is 0. The van der Waals surface area contributed by atoms with E-state index in [0.717, 1.165) is 11.1 Å². The smallest absolute Gasteiger partial charge is 0.273 e. The second kappa shape index (κ2) is 6.61. The summed E-state index contributed by atoms with van der Waals surface area (Å²) in [6, 6.07) is 5.92. The Hall–Kier alpha value is -3.03. The Labute approximate surface area is 138 Å². The van der Waals surface area contributed by atoms with Gasteiger partial charge in [0.2, 0.25) is 0 Å². The van der Waals surface area contributed by atoms with Crippen LogP contribution in [0.25, 0.3) is 0 Å². The van der Waals surface area contributed by atoms with Gasteiger partial charge in [0.25, 0.3) is 5.91 Å². The molecular weight excluding hydrogens is 311 g/mol. The van der Waals surface area contributed by atoms with Gasteiger partial charge in [-0.1, -0.05) is 17.3 Å². The zero-order chi connectivity index (χ0) is 17.1. The molecule has 1 atom stereocenters. The summed E-state index contributed by atoms with van der Waals surface area (Å²) in [7, 11) is 1.82. The van der Waals surface area contributed by atoms with E-state index in [0.29, 0.717) is 6.54 Å². The van der Waals surface area contributed by atoms with Gasteiger partial charge in [0, 0.05) is 18.8 Å². The number of carbonyl (C=O) groups is 1. The molecule has 1 N–H and O–H groups in total. The van der Waals surface area contributed by atoms with E-state index in [1.807, 2.05) is 20.2 Å². The van der Waals surface area contributed by atoms with Gasteiger partial charge in [0.1, 0.15) is 5.82 Å². The highest BCUT2D eigenvalue weighted by Crippen LogP contribution is 2.11. The van der Waals surface area contributed by atoms with E-state index in [2.05, 4.69) is 20.7 Å². The molecule has 0 radical (unpaired) electrons. The third-order valence-electron chi connectivity index (χ3n) is 3.60. The van der Waals surface area contributed by atoms with Gasteiger partial charge >= 0.3 is 0 Å². The van der Waals surface area contributed by atoms with E-state index in [4.69, 9.17) is 0 Å².